The van der Waals surface area contributed by atoms with Crippen molar-refractivity contribution >= 4 is 27.3 Å². The van der Waals surface area contributed by atoms with Gasteiger partial charge in [0.15, 0.2) is 11.5 Å². The molecule has 0 spiro atoms. The van der Waals surface area contributed by atoms with Gasteiger partial charge in [-0.3, -0.25) is 0 Å². The summed E-state index contributed by atoms with van der Waals surface area (Å²) in [6.07, 6.45) is 2.01. The van der Waals surface area contributed by atoms with Crippen LogP contribution in [0.2, 0.25) is 0 Å². The van der Waals surface area contributed by atoms with E-state index in [-0.39, 0.29) is 6.61 Å². The van der Waals surface area contributed by atoms with Crippen LogP contribution in [0.1, 0.15) is 5.56 Å². The second-order valence-electron chi connectivity index (χ2n) is 7.88. The molecular weight excluding hydrogens is 530 g/mol. The second-order valence-corrected chi connectivity index (χ2v) is 9.68. The van der Waals surface area contributed by atoms with E-state index < -0.39 is 6.10 Å². The standard InChI is InChI=1S/C26H28BrN3O4S/c1-32-23-7-5-17(12-24(23)33-2)9-10-28-14-19(31)16-34-22-8-6-18(13-20(22)27)26-29-15-21(30-26)25-4-3-11-35-25/h3-8,11-13,15,19,28,31H,9-10,14,16H2,1-2H3,(H,29,30). The predicted molar refractivity (Wildman–Crippen MR) is 143 cm³/mol. The highest BCUT2D eigenvalue weighted by Gasteiger charge is 2.11. The quantitative estimate of drug-likeness (QED) is 0.208. The summed E-state index contributed by atoms with van der Waals surface area (Å²) in [4.78, 5) is 9.00. The molecule has 0 aliphatic rings. The number of thiophene rings is 1. The molecule has 0 fully saturated rings. The Labute approximate surface area is 217 Å². The van der Waals surface area contributed by atoms with Crippen LogP contribution in [0.4, 0.5) is 0 Å². The van der Waals surface area contributed by atoms with Crippen molar-refractivity contribution in [2.75, 3.05) is 33.9 Å². The molecule has 0 bridgehead atoms. The molecule has 2 heterocycles. The summed E-state index contributed by atoms with van der Waals surface area (Å²) in [7, 11) is 3.25. The first-order chi connectivity index (χ1) is 17.1. The van der Waals surface area contributed by atoms with Crippen molar-refractivity contribution < 1.29 is 19.3 Å². The third kappa shape index (κ3) is 6.64. The zero-order chi connectivity index (χ0) is 24.6. The SMILES string of the molecule is COc1ccc(CCNCC(O)COc2ccc(-c3ncc(-c4cccs4)[nH]3)cc2Br)cc1OC. The van der Waals surface area contributed by atoms with Gasteiger partial charge in [0.25, 0.3) is 0 Å². The third-order valence-corrected chi connectivity index (χ3v) is 6.94. The van der Waals surface area contributed by atoms with Crippen molar-refractivity contribution in [1.82, 2.24) is 15.3 Å². The number of hydrogen-bond acceptors (Lipinski definition) is 7. The molecule has 184 valence electrons. The lowest BCUT2D eigenvalue weighted by molar-refractivity contribution is 0.106. The molecule has 0 saturated carbocycles. The van der Waals surface area contributed by atoms with Crippen LogP contribution in [-0.4, -0.2) is 55.1 Å². The fourth-order valence-corrected chi connectivity index (χ4v) is 4.76. The number of aromatic amines is 1. The van der Waals surface area contributed by atoms with Gasteiger partial charge in [-0.2, -0.15) is 0 Å². The zero-order valence-electron chi connectivity index (χ0n) is 19.6. The van der Waals surface area contributed by atoms with Crippen LogP contribution in [0, 0.1) is 0 Å². The van der Waals surface area contributed by atoms with Crippen molar-refractivity contribution in [1.29, 1.82) is 0 Å². The van der Waals surface area contributed by atoms with Crippen LogP contribution < -0.4 is 19.5 Å². The van der Waals surface area contributed by atoms with Crippen LogP contribution in [0.5, 0.6) is 17.2 Å². The van der Waals surface area contributed by atoms with Gasteiger partial charge >= 0.3 is 0 Å². The molecular formula is C26H28BrN3O4S. The number of aromatic nitrogens is 2. The number of H-pyrrole nitrogens is 1. The Bertz CT molecular complexity index is 1230. The Balaban J connectivity index is 1.23. The Kier molecular flexibility index (Phi) is 8.81. The molecule has 4 rings (SSSR count). The molecule has 1 atom stereocenters. The zero-order valence-corrected chi connectivity index (χ0v) is 22.0. The number of nitrogens with one attached hydrogen (secondary N) is 2. The van der Waals surface area contributed by atoms with Crippen molar-refractivity contribution in [3.05, 3.63) is 70.1 Å². The summed E-state index contributed by atoms with van der Waals surface area (Å²) >= 11 is 5.24. The van der Waals surface area contributed by atoms with E-state index in [1.165, 1.54) is 0 Å². The van der Waals surface area contributed by atoms with E-state index in [1.807, 2.05) is 54.0 Å². The molecule has 2 aromatic heterocycles. The van der Waals surface area contributed by atoms with Crippen LogP contribution in [0.25, 0.3) is 22.0 Å². The van der Waals surface area contributed by atoms with Gasteiger partial charge in [0.05, 0.1) is 35.5 Å². The molecule has 3 N–H and O–H groups in total. The molecule has 2 aromatic carbocycles. The number of aliphatic hydroxyl groups is 1. The molecule has 7 nitrogen and oxygen atoms in total. The molecule has 0 saturated heterocycles. The lowest BCUT2D eigenvalue weighted by atomic mass is 10.1. The number of rotatable bonds is 12. The van der Waals surface area contributed by atoms with Crippen molar-refractivity contribution in [2.45, 2.75) is 12.5 Å². The highest BCUT2D eigenvalue weighted by Crippen LogP contribution is 2.31. The van der Waals surface area contributed by atoms with E-state index >= 15 is 0 Å². The fourth-order valence-electron chi connectivity index (χ4n) is 3.57. The lowest BCUT2D eigenvalue weighted by Gasteiger charge is -2.15. The summed E-state index contributed by atoms with van der Waals surface area (Å²) in [5, 5.41) is 15.6. The molecule has 1 unspecified atom stereocenters. The number of methoxy groups -OCH3 is 2. The Morgan fingerprint density at radius 1 is 1.09 bits per heavy atom. The number of benzene rings is 2. The normalized spacial score (nSPS) is 11.9. The Morgan fingerprint density at radius 3 is 2.66 bits per heavy atom. The van der Waals surface area contributed by atoms with Crippen molar-refractivity contribution in [2.24, 2.45) is 0 Å². The minimum Gasteiger partial charge on any atom is -0.493 e. The number of imidazole rings is 1. The first-order valence-electron chi connectivity index (χ1n) is 11.2. The summed E-state index contributed by atoms with van der Waals surface area (Å²) in [6, 6.07) is 15.7. The number of nitrogens with zero attached hydrogens (tertiary/aromatic N) is 1. The average Bonchev–Trinajstić information content (AvgIpc) is 3.58. The Morgan fingerprint density at radius 2 is 1.91 bits per heavy atom. The number of halogens is 1. The van der Waals surface area contributed by atoms with Gasteiger partial charge in [-0.1, -0.05) is 12.1 Å². The molecule has 0 radical (unpaired) electrons. The third-order valence-electron chi connectivity index (χ3n) is 5.42. The van der Waals surface area contributed by atoms with Gasteiger partial charge in [-0.25, -0.2) is 4.98 Å². The summed E-state index contributed by atoms with van der Waals surface area (Å²) in [6.45, 7) is 1.34. The Hall–Kier alpha value is -2.85. The smallest absolute Gasteiger partial charge is 0.160 e. The molecule has 0 aliphatic heterocycles. The van der Waals surface area contributed by atoms with Crippen LogP contribution in [0.15, 0.2) is 64.6 Å². The number of aliphatic hydroxyl groups excluding tert-OH is 1. The molecule has 0 amide bonds. The van der Waals surface area contributed by atoms with E-state index in [0.29, 0.717) is 23.8 Å². The first kappa shape index (κ1) is 25.2. The van der Waals surface area contributed by atoms with E-state index in [0.717, 1.165) is 45.0 Å². The fraction of sp³-hybridized carbons (Fsp3) is 0.269. The van der Waals surface area contributed by atoms with Crippen molar-refractivity contribution in [3.8, 4) is 39.2 Å². The maximum absolute atomic E-state index is 10.3. The topological polar surface area (TPSA) is 88.6 Å². The van der Waals surface area contributed by atoms with E-state index in [4.69, 9.17) is 14.2 Å². The van der Waals surface area contributed by atoms with E-state index in [2.05, 4.69) is 37.3 Å². The number of ether oxygens (including phenoxy) is 3. The van der Waals surface area contributed by atoms with Crippen LogP contribution in [-0.2, 0) is 6.42 Å². The van der Waals surface area contributed by atoms with Gasteiger partial charge in [-0.15, -0.1) is 11.3 Å². The number of hydrogen-bond donors (Lipinski definition) is 3. The van der Waals surface area contributed by atoms with Gasteiger partial charge in [0.1, 0.15) is 24.3 Å². The largest absolute Gasteiger partial charge is 0.493 e. The van der Waals surface area contributed by atoms with Crippen LogP contribution in [0.3, 0.4) is 0 Å². The molecule has 35 heavy (non-hydrogen) atoms. The second kappa shape index (κ2) is 12.2. The average molecular weight is 558 g/mol. The molecule has 0 aliphatic carbocycles. The maximum Gasteiger partial charge on any atom is 0.160 e. The highest BCUT2D eigenvalue weighted by molar-refractivity contribution is 9.10. The summed E-state index contributed by atoms with van der Waals surface area (Å²) < 4.78 is 17.2. The van der Waals surface area contributed by atoms with E-state index in [9.17, 15) is 5.11 Å². The minimum absolute atomic E-state index is 0.185. The monoisotopic (exact) mass is 557 g/mol. The van der Waals surface area contributed by atoms with Gasteiger partial charge in [0, 0.05) is 12.1 Å². The lowest BCUT2D eigenvalue weighted by Crippen LogP contribution is -2.32. The molecule has 4 aromatic rings. The van der Waals surface area contributed by atoms with Gasteiger partial charge < -0.3 is 29.6 Å². The van der Waals surface area contributed by atoms with Gasteiger partial charge in [0.2, 0.25) is 0 Å². The maximum atomic E-state index is 10.3. The molecule has 9 heteroatoms. The van der Waals surface area contributed by atoms with E-state index in [1.54, 1.807) is 25.6 Å². The van der Waals surface area contributed by atoms with Crippen molar-refractivity contribution in [3.63, 3.8) is 0 Å². The highest BCUT2D eigenvalue weighted by atomic mass is 79.9. The summed E-state index contributed by atoms with van der Waals surface area (Å²) in [5.41, 5.74) is 3.07. The summed E-state index contributed by atoms with van der Waals surface area (Å²) in [5.74, 6) is 2.89. The van der Waals surface area contributed by atoms with Crippen LogP contribution >= 0.6 is 27.3 Å². The minimum atomic E-state index is -0.634. The first-order valence-corrected chi connectivity index (χ1v) is 12.9. The predicted octanol–water partition coefficient (Wildman–Crippen LogP) is 5.16. The van der Waals surface area contributed by atoms with Gasteiger partial charge in [-0.05, 0) is 76.2 Å².